The average molecular weight is 193 g/mol. The molecule has 0 amide bonds. The normalized spacial score (nSPS) is 12.9. The lowest BCUT2D eigenvalue weighted by Gasteiger charge is -2.15. The Kier molecular flexibility index (Phi) is 3.67. The molecule has 0 aliphatic heterocycles. The number of benzene rings is 1. The molecule has 1 aromatic carbocycles. The van der Waals surface area contributed by atoms with Gasteiger partial charge in [-0.15, -0.1) is 0 Å². The summed E-state index contributed by atoms with van der Waals surface area (Å²) in [5.74, 6) is 0. The van der Waals surface area contributed by atoms with Crippen LogP contribution in [0.5, 0.6) is 0 Å². The standard InChI is InChI=1S/C12H19NO/c1-4-10-5-8(2)9(3)11(6-10)12(13)7-14/h5-6,12,14H,4,7,13H2,1-3H3. The van der Waals surface area contributed by atoms with Crippen LogP contribution in [0.2, 0.25) is 0 Å². The molecule has 1 unspecified atom stereocenters. The van der Waals surface area contributed by atoms with E-state index in [0.717, 1.165) is 12.0 Å². The summed E-state index contributed by atoms with van der Waals surface area (Å²) < 4.78 is 0. The number of hydrogen-bond acceptors (Lipinski definition) is 2. The van der Waals surface area contributed by atoms with E-state index in [-0.39, 0.29) is 12.6 Å². The molecule has 1 aromatic rings. The lowest BCUT2D eigenvalue weighted by Crippen LogP contribution is -2.16. The first-order valence-corrected chi connectivity index (χ1v) is 5.06. The first kappa shape index (κ1) is 11.2. The van der Waals surface area contributed by atoms with Gasteiger partial charge in [0.2, 0.25) is 0 Å². The van der Waals surface area contributed by atoms with Crippen LogP contribution in [0.3, 0.4) is 0 Å². The van der Waals surface area contributed by atoms with Crippen LogP contribution in [-0.2, 0) is 6.42 Å². The lowest BCUT2D eigenvalue weighted by atomic mass is 9.94. The highest BCUT2D eigenvalue weighted by Crippen LogP contribution is 2.21. The largest absolute Gasteiger partial charge is 0.394 e. The Hall–Kier alpha value is -0.860. The molecule has 0 radical (unpaired) electrons. The van der Waals surface area contributed by atoms with Crippen LogP contribution in [0.15, 0.2) is 12.1 Å². The third kappa shape index (κ3) is 2.14. The van der Waals surface area contributed by atoms with Gasteiger partial charge in [0, 0.05) is 0 Å². The van der Waals surface area contributed by atoms with Crippen molar-refractivity contribution in [1.29, 1.82) is 0 Å². The Morgan fingerprint density at radius 3 is 2.50 bits per heavy atom. The van der Waals surface area contributed by atoms with Crippen LogP contribution in [0.4, 0.5) is 0 Å². The Labute approximate surface area is 85.8 Å². The van der Waals surface area contributed by atoms with Crippen LogP contribution in [-0.4, -0.2) is 11.7 Å². The minimum atomic E-state index is -0.250. The number of nitrogens with two attached hydrogens (primary N) is 1. The summed E-state index contributed by atoms with van der Waals surface area (Å²) in [4.78, 5) is 0. The maximum atomic E-state index is 9.04. The van der Waals surface area contributed by atoms with E-state index in [2.05, 4.69) is 32.9 Å². The molecule has 1 rings (SSSR count). The number of aliphatic hydroxyl groups excluding tert-OH is 1. The van der Waals surface area contributed by atoms with Crippen molar-refractivity contribution in [3.05, 3.63) is 34.4 Å². The maximum Gasteiger partial charge on any atom is 0.0624 e. The fourth-order valence-corrected chi connectivity index (χ4v) is 1.65. The molecule has 0 aliphatic rings. The van der Waals surface area contributed by atoms with Gasteiger partial charge in [-0.3, -0.25) is 0 Å². The Morgan fingerprint density at radius 1 is 1.36 bits per heavy atom. The van der Waals surface area contributed by atoms with E-state index in [0.29, 0.717) is 0 Å². The van der Waals surface area contributed by atoms with Crippen LogP contribution in [0.25, 0.3) is 0 Å². The van der Waals surface area contributed by atoms with Crippen molar-refractivity contribution in [1.82, 2.24) is 0 Å². The molecular weight excluding hydrogens is 174 g/mol. The zero-order valence-corrected chi connectivity index (χ0v) is 9.17. The molecule has 0 saturated heterocycles. The fourth-order valence-electron chi connectivity index (χ4n) is 1.65. The molecule has 14 heavy (non-hydrogen) atoms. The molecule has 2 heteroatoms. The van der Waals surface area contributed by atoms with Crippen LogP contribution in [0.1, 0.15) is 35.2 Å². The van der Waals surface area contributed by atoms with E-state index in [4.69, 9.17) is 10.8 Å². The Balaban J connectivity index is 3.20. The van der Waals surface area contributed by atoms with Gasteiger partial charge in [-0.1, -0.05) is 19.1 Å². The van der Waals surface area contributed by atoms with E-state index in [9.17, 15) is 0 Å². The average Bonchev–Trinajstić information content (AvgIpc) is 2.20. The molecule has 0 spiro atoms. The molecule has 78 valence electrons. The van der Waals surface area contributed by atoms with E-state index >= 15 is 0 Å². The molecule has 0 fully saturated rings. The van der Waals surface area contributed by atoms with Gasteiger partial charge in [0.1, 0.15) is 0 Å². The topological polar surface area (TPSA) is 46.2 Å². The van der Waals surface area contributed by atoms with Crippen molar-refractivity contribution < 1.29 is 5.11 Å². The highest BCUT2D eigenvalue weighted by atomic mass is 16.3. The molecular formula is C12H19NO. The van der Waals surface area contributed by atoms with Gasteiger partial charge in [0.05, 0.1) is 12.6 Å². The number of rotatable bonds is 3. The Morgan fingerprint density at radius 2 is 2.00 bits per heavy atom. The molecule has 0 aliphatic carbocycles. The van der Waals surface area contributed by atoms with Crippen molar-refractivity contribution in [2.24, 2.45) is 5.73 Å². The van der Waals surface area contributed by atoms with E-state index in [1.807, 2.05) is 0 Å². The zero-order valence-electron chi connectivity index (χ0n) is 9.17. The second kappa shape index (κ2) is 4.58. The monoisotopic (exact) mass is 193 g/mol. The summed E-state index contributed by atoms with van der Waals surface area (Å²) in [6.45, 7) is 6.27. The van der Waals surface area contributed by atoms with Gasteiger partial charge in [-0.05, 0) is 42.5 Å². The van der Waals surface area contributed by atoms with Gasteiger partial charge in [-0.2, -0.15) is 0 Å². The van der Waals surface area contributed by atoms with E-state index < -0.39 is 0 Å². The predicted octanol–water partition coefficient (Wildman–Crippen LogP) is 1.86. The minimum Gasteiger partial charge on any atom is -0.394 e. The second-order valence-electron chi connectivity index (χ2n) is 3.77. The van der Waals surface area contributed by atoms with Crippen molar-refractivity contribution in [3.8, 4) is 0 Å². The van der Waals surface area contributed by atoms with Crippen LogP contribution < -0.4 is 5.73 Å². The molecule has 0 aromatic heterocycles. The van der Waals surface area contributed by atoms with Gasteiger partial charge >= 0.3 is 0 Å². The zero-order chi connectivity index (χ0) is 10.7. The second-order valence-corrected chi connectivity index (χ2v) is 3.77. The molecule has 2 nitrogen and oxygen atoms in total. The summed E-state index contributed by atoms with van der Waals surface area (Å²) in [5.41, 5.74) is 10.6. The van der Waals surface area contributed by atoms with Crippen molar-refractivity contribution in [2.75, 3.05) is 6.61 Å². The molecule has 0 bridgehead atoms. The van der Waals surface area contributed by atoms with Gasteiger partial charge < -0.3 is 10.8 Å². The van der Waals surface area contributed by atoms with Gasteiger partial charge in [-0.25, -0.2) is 0 Å². The number of hydrogen-bond donors (Lipinski definition) is 2. The number of aliphatic hydroxyl groups is 1. The Bertz CT molecular complexity index is 320. The third-order valence-electron chi connectivity index (χ3n) is 2.77. The first-order valence-electron chi connectivity index (χ1n) is 5.06. The summed E-state index contributed by atoms with van der Waals surface area (Å²) in [7, 11) is 0. The quantitative estimate of drug-likeness (QED) is 0.769. The van der Waals surface area contributed by atoms with Crippen molar-refractivity contribution >= 4 is 0 Å². The summed E-state index contributed by atoms with van der Waals surface area (Å²) in [6.07, 6.45) is 1.01. The smallest absolute Gasteiger partial charge is 0.0624 e. The summed E-state index contributed by atoms with van der Waals surface area (Å²) in [5, 5.41) is 9.04. The number of aryl methyl sites for hydroxylation is 2. The summed E-state index contributed by atoms with van der Waals surface area (Å²) in [6, 6.07) is 4.03. The van der Waals surface area contributed by atoms with E-state index in [1.165, 1.54) is 16.7 Å². The lowest BCUT2D eigenvalue weighted by molar-refractivity contribution is 0.267. The summed E-state index contributed by atoms with van der Waals surface area (Å²) >= 11 is 0. The minimum absolute atomic E-state index is 0.00739. The molecule has 0 saturated carbocycles. The molecule has 3 N–H and O–H groups in total. The SMILES string of the molecule is CCc1cc(C)c(C)c(C(N)CO)c1. The third-order valence-corrected chi connectivity index (χ3v) is 2.77. The predicted molar refractivity (Wildman–Crippen MR) is 59.3 cm³/mol. The molecule has 0 heterocycles. The fraction of sp³-hybridized carbons (Fsp3) is 0.500. The maximum absolute atomic E-state index is 9.04. The van der Waals surface area contributed by atoms with Crippen LogP contribution in [0, 0.1) is 13.8 Å². The van der Waals surface area contributed by atoms with Crippen molar-refractivity contribution in [3.63, 3.8) is 0 Å². The van der Waals surface area contributed by atoms with Gasteiger partial charge in [0.25, 0.3) is 0 Å². The highest BCUT2D eigenvalue weighted by Gasteiger charge is 2.10. The van der Waals surface area contributed by atoms with E-state index in [1.54, 1.807) is 0 Å². The molecule has 1 atom stereocenters. The highest BCUT2D eigenvalue weighted by molar-refractivity contribution is 5.39. The van der Waals surface area contributed by atoms with Crippen molar-refractivity contribution in [2.45, 2.75) is 33.2 Å². The first-order chi connectivity index (χ1) is 6.60. The van der Waals surface area contributed by atoms with Gasteiger partial charge in [0.15, 0.2) is 0 Å². The van der Waals surface area contributed by atoms with Crippen LogP contribution >= 0.6 is 0 Å².